The van der Waals surface area contributed by atoms with Gasteiger partial charge in [0.05, 0.1) is 5.56 Å². The minimum absolute atomic E-state index is 0.0166. The van der Waals surface area contributed by atoms with Gasteiger partial charge < -0.3 is 4.90 Å². The Labute approximate surface area is 127 Å². The van der Waals surface area contributed by atoms with Crippen molar-refractivity contribution < 1.29 is 13.2 Å². The third-order valence-electron chi connectivity index (χ3n) is 3.15. The van der Waals surface area contributed by atoms with Gasteiger partial charge in [-0.2, -0.15) is 11.8 Å². The molecule has 20 heavy (non-hydrogen) atoms. The highest BCUT2D eigenvalue weighted by atomic mass is 35.5. The maximum absolute atomic E-state index is 12.5. The van der Waals surface area contributed by atoms with Crippen LogP contribution in [0.15, 0.2) is 18.3 Å². The van der Waals surface area contributed by atoms with E-state index in [4.69, 9.17) is 11.6 Å². The molecule has 1 amide bonds. The quantitative estimate of drug-likeness (QED) is 0.787. The van der Waals surface area contributed by atoms with Gasteiger partial charge in [0.2, 0.25) is 0 Å². The molecule has 2 rings (SSSR count). The van der Waals surface area contributed by atoms with Crippen molar-refractivity contribution >= 4 is 39.1 Å². The van der Waals surface area contributed by atoms with E-state index in [-0.39, 0.29) is 22.4 Å². The van der Waals surface area contributed by atoms with Crippen molar-refractivity contribution in [3.05, 3.63) is 29.0 Å². The average molecular weight is 335 g/mol. The third kappa shape index (κ3) is 3.10. The van der Waals surface area contributed by atoms with Crippen molar-refractivity contribution in [1.29, 1.82) is 0 Å². The van der Waals surface area contributed by atoms with Gasteiger partial charge in [0.15, 0.2) is 9.84 Å². The summed E-state index contributed by atoms with van der Waals surface area (Å²) < 4.78 is 24.3. The van der Waals surface area contributed by atoms with Crippen molar-refractivity contribution in [2.45, 2.75) is 12.3 Å². The molecule has 1 aromatic rings. The fourth-order valence-electron chi connectivity index (χ4n) is 2.00. The third-order valence-corrected chi connectivity index (χ3v) is 6.74. The number of sulfone groups is 1. The standard InChI is InChI=1S/C12H15ClN2O3S2/c1-2-20(17,18)10-8-19-7-6-15(10)12(16)9-4-3-5-14-11(9)13/h3-5,10H,2,6-8H2,1H3. The number of halogens is 1. The van der Waals surface area contributed by atoms with E-state index in [9.17, 15) is 13.2 Å². The zero-order valence-electron chi connectivity index (χ0n) is 11.0. The molecule has 0 aliphatic carbocycles. The molecular weight excluding hydrogens is 320 g/mol. The van der Waals surface area contributed by atoms with Gasteiger partial charge >= 0.3 is 0 Å². The summed E-state index contributed by atoms with van der Waals surface area (Å²) in [6, 6.07) is 3.18. The number of thioether (sulfide) groups is 1. The Bertz CT molecular complexity index is 606. The van der Waals surface area contributed by atoms with Crippen molar-refractivity contribution in [3.8, 4) is 0 Å². The lowest BCUT2D eigenvalue weighted by molar-refractivity contribution is 0.0749. The summed E-state index contributed by atoms with van der Waals surface area (Å²) in [5.74, 6) is 0.771. The lowest BCUT2D eigenvalue weighted by atomic mass is 10.2. The number of hydrogen-bond acceptors (Lipinski definition) is 5. The summed E-state index contributed by atoms with van der Waals surface area (Å²) in [5.41, 5.74) is 0.248. The Balaban J connectivity index is 2.34. The first-order valence-corrected chi connectivity index (χ1v) is 9.43. The molecule has 1 fully saturated rings. The van der Waals surface area contributed by atoms with Crippen molar-refractivity contribution in [2.24, 2.45) is 0 Å². The molecule has 1 aliphatic heterocycles. The van der Waals surface area contributed by atoms with Crippen LogP contribution in [0.5, 0.6) is 0 Å². The fraction of sp³-hybridized carbons (Fsp3) is 0.500. The van der Waals surface area contributed by atoms with Gasteiger partial charge in [0.25, 0.3) is 5.91 Å². The van der Waals surface area contributed by atoms with Crippen molar-refractivity contribution in [1.82, 2.24) is 9.88 Å². The highest BCUT2D eigenvalue weighted by Gasteiger charge is 2.36. The van der Waals surface area contributed by atoms with Gasteiger partial charge in [0, 0.05) is 30.0 Å². The van der Waals surface area contributed by atoms with E-state index in [1.807, 2.05) is 0 Å². The molecule has 1 atom stereocenters. The predicted molar refractivity (Wildman–Crippen MR) is 80.9 cm³/mol. The van der Waals surface area contributed by atoms with Gasteiger partial charge in [-0.15, -0.1) is 0 Å². The van der Waals surface area contributed by atoms with Crippen LogP contribution in [0.2, 0.25) is 5.15 Å². The van der Waals surface area contributed by atoms with Crippen LogP contribution in [-0.2, 0) is 9.84 Å². The van der Waals surface area contributed by atoms with Crippen LogP contribution < -0.4 is 0 Å². The number of aromatic nitrogens is 1. The topological polar surface area (TPSA) is 67.3 Å². The van der Waals surface area contributed by atoms with Crippen molar-refractivity contribution in [2.75, 3.05) is 23.8 Å². The molecule has 0 radical (unpaired) electrons. The van der Waals surface area contributed by atoms with E-state index in [0.717, 1.165) is 5.75 Å². The summed E-state index contributed by atoms with van der Waals surface area (Å²) in [6.07, 6.45) is 1.49. The second-order valence-corrected chi connectivity index (χ2v) is 8.28. The highest BCUT2D eigenvalue weighted by molar-refractivity contribution is 8.01. The minimum atomic E-state index is -3.32. The largest absolute Gasteiger partial charge is 0.320 e. The Kier molecular flexibility index (Phi) is 4.93. The zero-order chi connectivity index (χ0) is 14.8. The van der Waals surface area contributed by atoms with Crippen LogP contribution in [0.3, 0.4) is 0 Å². The molecule has 1 unspecified atom stereocenters. The molecule has 110 valence electrons. The first kappa shape index (κ1) is 15.6. The van der Waals surface area contributed by atoms with Crippen LogP contribution in [0, 0.1) is 0 Å². The summed E-state index contributed by atoms with van der Waals surface area (Å²) in [7, 11) is -3.32. The normalized spacial score (nSPS) is 19.9. The predicted octanol–water partition coefficient (Wildman–Crippen LogP) is 1.68. The Hall–Kier alpha value is -0.790. The van der Waals surface area contributed by atoms with E-state index < -0.39 is 15.2 Å². The van der Waals surface area contributed by atoms with Crippen LogP contribution in [-0.4, -0.2) is 53.4 Å². The smallest absolute Gasteiger partial charge is 0.258 e. The maximum atomic E-state index is 12.5. The molecule has 0 aromatic carbocycles. The van der Waals surface area contributed by atoms with E-state index in [1.54, 1.807) is 30.8 Å². The summed E-state index contributed by atoms with van der Waals surface area (Å²) in [6.45, 7) is 1.99. The number of hydrogen-bond donors (Lipinski definition) is 0. The lowest BCUT2D eigenvalue weighted by Gasteiger charge is -2.34. The summed E-state index contributed by atoms with van der Waals surface area (Å²) >= 11 is 7.47. The second-order valence-electron chi connectivity index (χ2n) is 4.32. The Morgan fingerprint density at radius 2 is 2.35 bits per heavy atom. The molecular formula is C12H15ClN2O3S2. The number of nitrogens with zero attached hydrogens (tertiary/aromatic N) is 2. The molecule has 1 saturated heterocycles. The first-order chi connectivity index (χ1) is 9.47. The van der Waals surface area contributed by atoms with Gasteiger partial charge in [-0.1, -0.05) is 18.5 Å². The molecule has 5 nitrogen and oxygen atoms in total. The van der Waals surface area contributed by atoms with Crippen molar-refractivity contribution in [3.63, 3.8) is 0 Å². The fourth-order valence-corrected chi connectivity index (χ4v) is 5.17. The zero-order valence-corrected chi connectivity index (χ0v) is 13.3. The molecule has 8 heteroatoms. The Morgan fingerprint density at radius 3 is 3.00 bits per heavy atom. The first-order valence-electron chi connectivity index (χ1n) is 6.18. The van der Waals surface area contributed by atoms with Gasteiger partial charge in [-0.25, -0.2) is 13.4 Å². The minimum Gasteiger partial charge on any atom is -0.320 e. The molecule has 0 bridgehead atoms. The number of carbonyl (C=O) groups excluding carboxylic acids is 1. The summed E-state index contributed by atoms with van der Waals surface area (Å²) in [5, 5.41) is -0.682. The van der Waals surface area contributed by atoms with E-state index in [1.165, 1.54) is 11.1 Å². The van der Waals surface area contributed by atoms with Crippen LogP contribution in [0.4, 0.5) is 0 Å². The number of amides is 1. The number of pyridine rings is 1. The van der Waals surface area contributed by atoms with Gasteiger partial charge in [0.1, 0.15) is 10.5 Å². The van der Waals surface area contributed by atoms with Gasteiger partial charge in [-0.05, 0) is 12.1 Å². The van der Waals surface area contributed by atoms with Crippen LogP contribution >= 0.6 is 23.4 Å². The molecule has 0 N–H and O–H groups in total. The highest BCUT2D eigenvalue weighted by Crippen LogP contribution is 2.25. The summed E-state index contributed by atoms with van der Waals surface area (Å²) in [4.78, 5) is 17.8. The van der Waals surface area contributed by atoms with Gasteiger partial charge in [-0.3, -0.25) is 4.79 Å². The average Bonchev–Trinajstić information content (AvgIpc) is 2.47. The number of rotatable bonds is 3. The molecule has 1 aliphatic rings. The van der Waals surface area contributed by atoms with E-state index in [2.05, 4.69) is 4.98 Å². The van der Waals surface area contributed by atoms with E-state index >= 15 is 0 Å². The maximum Gasteiger partial charge on any atom is 0.258 e. The molecule has 0 spiro atoms. The second kappa shape index (κ2) is 6.32. The monoisotopic (exact) mass is 334 g/mol. The van der Waals surface area contributed by atoms with Crippen LogP contribution in [0.1, 0.15) is 17.3 Å². The molecule has 1 aromatic heterocycles. The van der Waals surface area contributed by atoms with E-state index in [0.29, 0.717) is 12.3 Å². The number of carbonyl (C=O) groups is 1. The molecule has 0 saturated carbocycles. The SMILES string of the molecule is CCS(=O)(=O)C1CSCCN1C(=O)c1cccnc1Cl. The Morgan fingerprint density at radius 1 is 1.60 bits per heavy atom. The lowest BCUT2D eigenvalue weighted by Crippen LogP contribution is -2.50. The van der Waals surface area contributed by atoms with Crippen LogP contribution in [0.25, 0.3) is 0 Å². The molecule has 2 heterocycles.